The zero-order valence-electron chi connectivity index (χ0n) is 14.9. The molecule has 3 aromatic heterocycles. The summed E-state index contributed by atoms with van der Waals surface area (Å²) in [6, 6.07) is 5.87. The normalized spacial score (nSPS) is 11.2. The molecule has 1 amide bonds. The molecule has 29 heavy (non-hydrogen) atoms. The molecule has 0 bridgehead atoms. The molecule has 0 aliphatic carbocycles. The van der Waals surface area contributed by atoms with E-state index in [1.54, 1.807) is 31.7 Å². The highest BCUT2D eigenvalue weighted by Crippen LogP contribution is 2.36. The number of rotatable bonds is 5. The molecule has 0 saturated carbocycles. The number of nitrogens with one attached hydrogen (secondary N) is 1. The average Bonchev–Trinajstić information content (AvgIpc) is 3.26. The van der Waals surface area contributed by atoms with Crippen LogP contribution in [0.15, 0.2) is 49.1 Å². The second kappa shape index (κ2) is 7.47. The standard InChI is InChI=1S/C18H13ClF2N6O2/c1-26-9-13(24-17(28)12-8-23-27-6-2-5-22-16(12)27)15(25-26)11-7-10(19)3-4-14(11)29-18(20)21/h2-9,18H,1H3,(H,24,28). The Morgan fingerprint density at radius 3 is 2.97 bits per heavy atom. The van der Waals surface area contributed by atoms with Gasteiger partial charge in [0.2, 0.25) is 0 Å². The zero-order chi connectivity index (χ0) is 20.5. The van der Waals surface area contributed by atoms with Crippen molar-refractivity contribution in [2.45, 2.75) is 6.61 Å². The van der Waals surface area contributed by atoms with Crippen LogP contribution in [-0.2, 0) is 7.05 Å². The van der Waals surface area contributed by atoms with Gasteiger partial charge in [0.25, 0.3) is 5.91 Å². The van der Waals surface area contributed by atoms with Gasteiger partial charge in [0.1, 0.15) is 17.0 Å². The highest BCUT2D eigenvalue weighted by molar-refractivity contribution is 6.31. The number of carbonyl (C=O) groups is 1. The van der Waals surface area contributed by atoms with E-state index in [2.05, 4.69) is 25.2 Å². The van der Waals surface area contributed by atoms with E-state index in [4.69, 9.17) is 11.6 Å². The summed E-state index contributed by atoms with van der Waals surface area (Å²) < 4.78 is 33.1. The van der Waals surface area contributed by atoms with E-state index in [1.807, 2.05) is 0 Å². The maximum absolute atomic E-state index is 12.8. The van der Waals surface area contributed by atoms with Gasteiger partial charge in [-0.05, 0) is 24.3 Å². The van der Waals surface area contributed by atoms with Crippen LogP contribution >= 0.6 is 11.6 Å². The number of carbonyl (C=O) groups excluding carboxylic acids is 1. The number of aromatic nitrogens is 5. The SMILES string of the molecule is Cn1cc(NC(=O)c2cnn3cccnc23)c(-c2cc(Cl)ccc2OC(F)F)n1. The highest BCUT2D eigenvalue weighted by Gasteiger charge is 2.21. The Morgan fingerprint density at radius 1 is 1.34 bits per heavy atom. The van der Waals surface area contributed by atoms with Gasteiger partial charge in [-0.3, -0.25) is 9.48 Å². The lowest BCUT2D eigenvalue weighted by molar-refractivity contribution is -0.0494. The summed E-state index contributed by atoms with van der Waals surface area (Å²) in [5, 5.41) is 11.4. The van der Waals surface area contributed by atoms with Crippen LogP contribution in [0, 0.1) is 0 Å². The summed E-state index contributed by atoms with van der Waals surface area (Å²) in [6.45, 7) is -3.03. The second-order valence-electron chi connectivity index (χ2n) is 5.98. The maximum atomic E-state index is 12.8. The van der Waals surface area contributed by atoms with Crippen molar-refractivity contribution in [1.29, 1.82) is 0 Å². The molecular weight excluding hydrogens is 406 g/mol. The van der Waals surface area contributed by atoms with Gasteiger partial charge in [-0.15, -0.1) is 0 Å². The number of benzene rings is 1. The molecule has 0 unspecified atom stereocenters. The van der Waals surface area contributed by atoms with Crippen molar-refractivity contribution in [2.24, 2.45) is 7.05 Å². The third-order valence-electron chi connectivity index (χ3n) is 4.01. The minimum Gasteiger partial charge on any atom is -0.434 e. The minimum atomic E-state index is -3.03. The number of aryl methyl sites for hydroxylation is 1. The predicted octanol–water partition coefficient (Wildman–Crippen LogP) is 3.64. The van der Waals surface area contributed by atoms with Gasteiger partial charge >= 0.3 is 6.61 Å². The van der Waals surface area contributed by atoms with E-state index in [1.165, 1.54) is 33.6 Å². The summed E-state index contributed by atoms with van der Waals surface area (Å²) in [4.78, 5) is 16.9. The fraction of sp³-hybridized carbons (Fsp3) is 0.111. The van der Waals surface area contributed by atoms with Crippen LogP contribution in [0.4, 0.5) is 14.5 Å². The first-order chi connectivity index (χ1) is 13.9. The van der Waals surface area contributed by atoms with Gasteiger partial charge in [0, 0.05) is 36.2 Å². The molecule has 4 aromatic rings. The maximum Gasteiger partial charge on any atom is 0.387 e. The van der Waals surface area contributed by atoms with E-state index in [0.717, 1.165) is 0 Å². The van der Waals surface area contributed by atoms with E-state index in [-0.39, 0.29) is 28.3 Å². The lowest BCUT2D eigenvalue weighted by Gasteiger charge is -2.11. The van der Waals surface area contributed by atoms with Gasteiger partial charge in [-0.1, -0.05) is 11.6 Å². The molecule has 0 spiro atoms. The van der Waals surface area contributed by atoms with E-state index in [0.29, 0.717) is 10.7 Å². The lowest BCUT2D eigenvalue weighted by Crippen LogP contribution is -2.12. The molecule has 0 fully saturated rings. The van der Waals surface area contributed by atoms with Crippen molar-refractivity contribution in [2.75, 3.05) is 5.32 Å². The van der Waals surface area contributed by atoms with Crippen LogP contribution in [0.1, 0.15) is 10.4 Å². The number of hydrogen-bond donors (Lipinski definition) is 1. The zero-order valence-corrected chi connectivity index (χ0v) is 15.6. The Balaban J connectivity index is 1.73. The number of fused-ring (bicyclic) bond motifs is 1. The van der Waals surface area contributed by atoms with Crippen molar-refractivity contribution in [1.82, 2.24) is 24.4 Å². The van der Waals surface area contributed by atoms with Gasteiger partial charge in [0.05, 0.1) is 11.9 Å². The van der Waals surface area contributed by atoms with Crippen LogP contribution in [-0.4, -0.2) is 36.9 Å². The Morgan fingerprint density at radius 2 is 2.17 bits per heavy atom. The number of alkyl halides is 2. The number of amides is 1. The molecule has 148 valence electrons. The van der Waals surface area contributed by atoms with Crippen LogP contribution in [0.3, 0.4) is 0 Å². The van der Waals surface area contributed by atoms with E-state index >= 15 is 0 Å². The number of nitrogens with zero attached hydrogens (tertiary/aromatic N) is 5. The van der Waals surface area contributed by atoms with Crippen LogP contribution in [0.25, 0.3) is 16.9 Å². The van der Waals surface area contributed by atoms with Gasteiger partial charge in [-0.2, -0.15) is 19.0 Å². The van der Waals surface area contributed by atoms with Crippen LogP contribution in [0.2, 0.25) is 5.02 Å². The summed E-state index contributed by atoms with van der Waals surface area (Å²) in [6.07, 6.45) is 6.13. The predicted molar refractivity (Wildman–Crippen MR) is 101 cm³/mol. The molecule has 4 rings (SSSR count). The van der Waals surface area contributed by atoms with Crippen molar-refractivity contribution in [3.63, 3.8) is 0 Å². The monoisotopic (exact) mass is 418 g/mol. The molecule has 8 nitrogen and oxygen atoms in total. The fourth-order valence-corrected chi connectivity index (χ4v) is 3.01. The molecule has 1 N–H and O–H groups in total. The van der Waals surface area contributed by atoms with Crippen LogP contribution in [0.5, 0.6) is 5.75 Å². The third kappa shape index (κ3) is 3.74. The van der Waals surface area contributed by atoms with Crippen LogP contribution < -0.4 is 10.1 Å². The largest absolute Gasteiger partial charge is 0.434 e. The average molecular weight is 419 g/mol. The smallest absolute Gasteiger partial charge is 0.387 e. The van der Waals surface area contributed by atoms with Crippen molar-refractivity contribution in [3.05, 3.63) is 59.6 Å². The topological polar surface area (TPSA) is 86.3 Å². The van der Waals surface area contributed by atoms with Crippen molar-refractivity contribution >= 4 is 28.8 Å². The van der Waals surface area contributed by atoms with Gasteiger partial charge in [0.15, 0.2) is 5.65 Å². The van der Waals surface area contributed by atoms with Crippen molar-refractivity contribution in [3.8, 4) is 17.0 Å². The number of halogens is 3. The number of ether oxygens (including phenoxy) is 1. The Labute approximate surface area is 167 Å². The first kappa shape index (κ1) is 18.8. The van der Waals surface area contributed by atoms with Crippen molar-refractivity contribution < 1.29 is 18.3 Å². The quantitative estimate of drug-likeness (QED) is 0.534. The second-order valence-corrected chi connectivity index (χ2v) is 6.42. The third-order valence-corrected chi connectivity index (χ3v) is 4.25. The Kier molecular flexibility index (Phi) is 4.85. The Bertz CT molecular complexity index is 1210. The lowest BCUT2D eigenvalue weighted by atomic mass is 10.1. The summed E-state index contributed by atoms with van der Waals surface area (Å²) >= 11 is 6.03. The first-order valence-electron chi connectivity index (χ1n) is 8.30. The highest BCUT2D eigenvalue weighted by atomic mass is 35.5. The molecule has 0 atom stereocenters. The molecule has 11 heteroatoms. The van der Waals surface area contributed by atoms with E-state index in [9.17, 15) is 13.6 Å². The molecule has 0 aliphatic rings. The molecular formula is C18H13ClF2N6O2. The number of hydrogen-bond acceptors (Lipinski definition) is 5. The molecule has 3 heterocycles. The molecule has 0 radical (unpaired) electrons. The summed E-state index contributed by atoms with van der Waals surface area (Å²) in [7, 11) is 1.63. The summed E-state index contributed by atoms with van der Waals surface area (Å²) in [5.74, 6) is -0.595. The number of anilines is 1. The summed E-state index contributed by atoms with van der Waals surface area (Å²) in [5.41, 5.74) is 1.35. The molecule has 1 aromatic carbocycles. The first-order valence-corrected chi connectivity index (χ1v) is 8.68. The van der Waals surface area contributed by atoms with Gasteiger partial charge < -0.3 is 10.1 Å². The molecule has 0 saturated heterocycles. The Hall–Kier alpha value is -3.53. The van der Waals surface area contributed by atoms with E-state index < -0.39 is 12.5 Å². The molecule has 0 aliphatic heterocycles. The fourth-order valence-electron chi connectivity index (χ4n) is 2.84. The minimum absolute atomic E-state index is 0.115. The van der Waals surface area contributed by atoms with Gasteiger partial charge in [-0.25, -0.2) is 9.50 Å².